The summed E-state index contributed by atoms with van der Waals surface area (Å²) in [7, 11) is 0. The van der Waals surface area contributed by atoms with Crippen LogP contribution in [0.15, 0.2) is 42.5 Å². The van der Waals surface area contributed by atoms with Gasteiger partial charge in [0, 0.05) is 0 Å². The molecule has 0 fully saturated rings. The first-order chi connectivity index (χ1) is 7.60. The highest BCUT2D eigenvalue weighted by molar-refractivity contribution is 5.79. The first-order valence-corrected chi connectivity index (χ1v) is 5.23. The van der Waals surface area contributed by atoms with Crippen molar-refractivity contribution in [2.75, 3.05) is 0 Å². The van der Waals surface area contributed by atoms with Gasteiger partial charge in [-0.1, -0.05) is 30.3 Å². The zero-order chi connectivity index (χ0) is 11.3. The van der Waals surface area contributed by atoms with E-state index in [-0.39, 0.29) is 5.82 Å². The van der Waals surface area contributed by atoms with Crippen LogP contribution in [0.3, 0.4) is 0 Å². The molecule has 1 unspecified atom stereocenters. The van der Waals surface area contributed by atoms with Crippen LogP contribution in [0.4, 0.5) is 4.39 Å². The molecule has 2 aromatic rings. The van der Waals surface area contributed by atoms with Gasteiger partial charge in [-0.3, -0.25) is 0 Å². The Morgan fingerprint density at radius 3 is 2.50 bits per heavy atom. The van der Waals surface area contributed by atoms with Crippen molar-refractivity contribution >= 4 is 0 Å². The third kappa shape index (κ3) is 1.08. The van der Waals surface area contributed by atoms with Crippen molar-refractivity contribution < 1.29 is 9.50 Å². The molecule has 1 atom stereocenters. The van der Waals surface area contributed by atoms with E-state index in [9.17, 15) is 9.50 Å². The molecule has 0 amide bonds. The molecule has 3 rings (SSSR count). The van der Waals surface area contributed by atoms with Gasteiger partial charge in [-0.25, -0.2) is 4.39 Å². The van der Waals surface area contributed by atoms with E-state index < -0.39 is 5.60 Å². The lowest BCUT2D eigenvalue weighted by molar-refractivity contribution is 0.107. The smallest absolute Gasteiger partial charge is 0.123 e. The minimum absolute atomic E-state index is 0.272. The largest absolute Gasteiger partial charge is 0.381 e. The Morgan fingerprint density at radius 2 is 1.69 bits per heavy atom. The number of rotatable bonds is 0. The van der Waals surface area contributed by atoms with E-state index in [1.165, 1.54) is 12.1 Å². The molecule has 16 heavy (non-hydrogen) atoms. The topological polar surface area (TPSA) is 20.2 Å². The maximum absolute atomic E-state index is 13.2. The van der Waals surface area contributed by atoms with Gasteiger partial charge in [0.1, 0.15) is 11.4 Å². The molecule has 0 saturated carbocycles. The average molecular weight is 214 g/mol. The van der Waals surface area contributed by atoms with Crippen molar-refractivity contribution in [1.82, 2.24) is 0 Å². The quantitative estimate of drug-likeness (QED) is 0.714. The Bertz CT molecular complexity index is 573. The van der Waals surface area contributed by atoms with Gasteiger partial charge in [0.05, 0.1) is 0 Å². The van der Waals surface area contributed by atoms with Gasteiger partial charge in [-0.05, 0) is 41.3 Å². The summed E-state index contributed by atoms with van der Waals surface area (Å²) in [5.74, 6) is -0.272. The van der Waals surface area contributed by atoms with Crippen molar-refractivity contribution in [3.05, 3.63) is 59.4 Å². The van der Waals surface area contributed by atoms with Crippen LogP contribution in [0.2, 0.25) is 0 Å². The zero-order valence-electron chi connectivity index (χ0n) is 8.87. The summed E-state index contributed by atoms with van der Waals surface area (Å²) in [6.07, 6.45) is 0. The molecule has 0 saturated heterocycles. The number of benzene rings is 2. The van der Waals surface area contributed by atoms with E-state index in [1.807, 2.05) is 24.3 Å². The van der Waals surface area contributed by atoms with E-state index >= 15 is 0 Å². The molecule has 0 radical (unpaired) electrons. The molecule has 1 aliphatic carbocycles. The molecule has 80 valence electrons. The third-order valence-corrected chi connectivity index (χ3v) is 3.25. The first-order valence-electron chi connectivity index (χ1n) is 5.23. The highest BCUT2D eigenvalue weighted by Gasteiger charge is 2.37. The predicted molar refractivity (Wildman–Crippen MR) is 60.5 cm³/mol. The first kappa shape index (κ1) is 9.55. The van der Waals surface area contributed by atoms with Crippen LogP contribution in [-0.4, -0.2) is 5.11 Å². The number of halogens is 1. The Labute approximate surface area is 93.2 Å². The van der Waals surface area contributed by atoms with Gasteiger partial charge in [0.25, 0.3) is 0 Å². The summed E-state index contributed by atoms with van der Waals surface area (Å²) in [4.78, 5) is 0. The maximum Gasteiger partial charge on any atom is 0.123 e. The summed E-state index contributed by atoms with van der Waals surface area (Å²) in [6, 6.07) is 12.1. The lowest BCUT2D eigenvalue weighted by Gasteiger charge is -2.19. The summed E-state index contributed by atoms with van der Waals surface area (Å²) < 4.78 is 13.2. The maximum atomic E-state index is 13.2. The molecule has 0 heterocycles. The lowest BCUT2D eigenvalue weighted by atomic mass is 9.94. The van der Waals surface area contributed by atoms with Gasteiger partial charge in [-0.2, -0.15) is 0 Å². The average Bonchev–Trinajstić information content (AvgIpc) is 2.49. The second kappa shape index (κ2) is 2.92. The van der Waals surface area contributed by atoms with Crippen LogP contribution >= 0.6 is 0 Å². The molecule has 0 bridgehead atoms. The molecule has 0 spiro atoms. The Kier molecular flexibility index (Phi) is 1.74. The fraction of sp³-hybridized carbons (Fsp3) is 0.143. The van der Waals surface area contributed by atoms with Crippen molar-refractivity contribution in [2.24, 2.45) is 0 Å². The van der Waals surface area contributed by atoms with Gasteiger partial charge >= 0.3 is 0 Å². The summed E-state index contributed by atoms with van der Waals surface area (Å²) in [5.41, 5.74) is 2.31. The molecular formula is C14H11FO. The van der Waals surface area contributed by atoms with Crippen LogP contribution in [0.5, 0.6) is 0 Å². The van der Waals surface area contributed by atoms with Gasteiger partial charge < -0.3 is 5.11 Å². The number of hydrogen-bond donors (Lipinski definition) is 1. The number of hydrogen-bond acceptors (Lipinski definition) is 1. The standard InChI is InChI=1S/C14H11FO/c1-14(16)12-5-3-2-4-10(12)11-8-9(15)6-7-13(11)14/h2-8,16H,1H3. The molecule has 1 N–H and O–H groups in total. The van der Waals surface area contributed by atoms with Crippen LogP contribution < -0.4 is 0 Å². The van der Waals surface area contributed by atoms with Crippen LogP contribution in [0.25, 0.3) is 11.1 Å². The molecular weight excluding hydrogens is 203 g/mol. The highest BCUT2D eigenvalue weighted by atomic mass is 19.1. The summed E-state index contributed by atoms with van der Waals surface area (Å²) in [5, 5.41) is 10.5. The van der Waals surface area contributed by atoms with Crippen LogP contribution in [0.1, 0.15) is 18.1 Å². The molecule has 0 aromatic heterocycles. The van der Waals surface area contributed by atoms with Crippen molar-refractivity contribution in [2.45, 2.75) is 12.5 Å². The fourth-order valence-corrected chi connectivity index (χ4v) is 2.45. The Morgan fingerprint density at radius 1 is 1.00 bits per heavy atom. The molecule has 1 nitrogen and oxygen atoms in total. The monoisotopic (exact) mass is 214 g/mol. The van der Waals surface area contributed by atoms with E-state index in [0.717, 1.165) is 22.3 Å². The van der Waals surface area contributed by atoms with Crippen molar-refractivity contribution in [1.29, 1.82) is 0 Å². The second-order valence-corrected chi connectivity index (χ2v) is 4.31. The Hall–Kier alpha value is -1.67. The fourth-order valence-electron chi connectivity index (χ4n) is 2.45. The van der Waals surface area contributed by atoms with Gasteiger partial charge in [0.2, 0.25) is 0 Å². The zero-order valence-corrected chi connectivity index (χ0v) is 8.87. The van der Waals surface area contributed by atoms with Crippen molar-refractivity contribution in [3.63, 3.8) is 0 Å². The van der Waals surface area contributed by atoms with Crippen molar-refractivity contribution in [3.8, 4) is 11.1 Å². The second-order valence-electron chi connectivity index (χ2n) is 4.31. The highest BCUT2D eigenvalue weighted by Crippen LogP contribution is 2.46. The number of aliphatic hydroxyl groups is 1. The number of fused-ring (bicyclic) bond motifs is 3. The summed E-state index contributed by atoms with van der Waals surface area (Å²) in [6.45, 7) is 1.75. The normalized spacial score (nSPS) is 21.7. The van der Waals surface area contributed by atoms with Gasteiger partial charge in [-0.15, -0.1) is 0 Å². The molecule has 0 aliphatic heterocycles. The molecule has 1 aliphatic rings. The summed E-state index contributed by atoms with van der Waals surface area (Å²) >= 11 is 0. The van der Waals surface area contributed by atoms with Gasteiger partial charge in [0.15, 0.2) is 0 Å². The third-order valence-electron chi connectivity index (χ3n) is 3.25. The minimum Gasteiger partial charge on any atom is -0.381 e. The van der Waals surface area contributed by atoms with E-state index in [0.29, 0.717) is 0 Å². The molecule has 2 aromatic carbocycles. The van der Waals surface area contributed by atoms with Crippen LogP contribution in [-0.2, 0) is 5.60 Å². The Balaban J connectivity index is 2.40. The van der Waals surface area contributed by atoms with E-state index in [4.69, 9.17) is 0 Å². The van der Waals surface area contributed by atoms with E-state index in [1.54, 1.807) is 13.0 Å². The SMILES string of the molecule is CC1(O)c2ccccc2-c2cc(F)ccc21. The predicted octanol–water partition coefficient (Wildman–Crippen LogP) is 3.06. The molecule has 2 heteroatoms. The van der Waals surface area contributed by atoms with E-state index in [2.05, 4.69) is 0 Å². The minimum atomic E-state index is -1.01. The lowest BCUT2D eigenvalue weighted by Crippen LogP contribution is -2.19. The van der Waals surface area contributed by atoms with Crippen LogP contribution in [0, 0.1) is 5.82 Å².